The lowest BCUT2D eigenvalue weighted by Crippen LogP contribution is -2.51. The van der Waals surface area contributed by atoms with E-state index in [1.807, 2.05) is 17.9 Å². The Bertz CT molecular complexity index is 1780. The van der Waals surface area contributed by atoms with Crippen LogP contribution < -0.4 is 15.8 Å². The van der Waals surface area contributed by atoms with E-state index in [9.17, 15) is 27.6 Å². The van der Waals surface area contributed by atoms with E-state index in [2.05, 4.69) is 15.4 Å². The predicted molar refractivity (Wildman–Crippen MR) is 177 cm³/mol. The highest BCUT2D eigenvalue weighted by molar-refractivity contribution is 8.00. The predicted octanol–water partition coefficient (Wildman–Crippen LogP) is 5.61. The quantitative estimate of drug-likeness (QED) is 0.312. The molecule has 260 valence electrons. The van der Waals surface area contributed by atoms with Crippen molar-refractivity contribution in [2.45, 2.75) is 69.5 Å². The fourth-order valence-electron chi connectivity index (χ4n) is 5.49. The Hall–Kier alpha value is -3.76. The summed E-state index contributed by atoms with van der Waals surface area (Å²) in [5.41, 5.74) is -3.85. The molecule has 0 atom stereocenters. The number of benzene rings is 1. The molecular weight excluding hydrogens is 675 g/mol. The molecule has 0 unspecified atom stereocenters. The van der Waals surface area contributed by atoms with Gasteiger partial charge in [-0.3, -0.25) is 9.59 Å². The Kier molecular flexibility index (Phi) is 10.7. The van der Waals surface area contributed by atoms with E-state index < -0.39 is 28.7 Å². The topological polar surface area (TPSA) is 123 Å². The van der Waals surface area contributed by atoms with Crippen LogP contribution in [0.2, 0.25) is 5.02 Å². The van der Waals surface area contributed by atoms with Gasteiger partial charge in [-0.15, -0.1) is 5.10 Å². The first-order valence-electron chi connectivity index (χ1n) is 15.5. The molecule has 1 fully saturated rings. The molecule has 1 N–H and O–H groups in total. The summed E-state index contributed by atoms with van der Waals surface area (Å²) in [4.78, 5) is 48.4. The molecule has 1 saturated heterocycles. The zero-order valence-corrected chi connectivity index (χ0v) is 28.6. The molecule has 0 bridgehead atoms. The van der Waals surface area contributed by atoms with Gasteiger partial charge in [0, 0.05) is 43.3 Å². The molecule has 0 radical (unpaired) electrons. The average Bonchev–Trinajstić information content (AvgIpc) is 3.27. The van der Waals surface area contributed by atoms with E-state index in [4.69, 9.17) is 21.1 Å². The number of nitrogens with zero attached hydrogens (tertiary/aromatic N) is 6. The third kappa shape index (κ3) is 8.44. The van der Waals surface area contributed by atoms with Crippen molar-refractivity contribution in [3.05, 3.63) is 51.2 Å². The highest BCUT2D eigenvalue weighted by atomic mass is 35.5. The molecular formula is C31H37ClF3N7O5S. The van der Waals surface area contributed by atoms with Crippen molar-refractivity contribution in [1.29, 1.82) is 0 Å². The number of aromatic nitrogens is 4. The standard InChI is InChI=1S/C31H37ClF3N7O5S/c1-5-23-25(39-11-13-40(14-12-39)29(45)47-30(2,3)4)27(44)42-28(37-26(38-42)19-8-6-7-15-46-18-19)41(23)17-24(43)36-22-10-9-20(16-21(22)32)48-31(33,34)35/h8-10,16H,5-7,11-15,17-18H2,1-4H3,(H,36,43). The largest absolute Gasteiger partial charge is 0.446 e. The highest BCUT2D eigenvalue weighted by Gasteiger charge is 2.31. The fourth-order valence-corrected chi connectivity index (χ4v) is 6.36. The molecule has 17 heteroatoms. The van der Waals surface area contributed by atoms with Crippen LogP contribution in [0.5, 0.6) is 0 Å². The first-order valence-corrected chi connectivity index (χ1v) is 16.7. The molecule has 48 heavy (non-hydrogen) atoms. The number of alkyl halides is 3. The Morgan fingerprint density at radius 2 is 1.88 bits per heavy atom. The van der Waals surface area contributed by atoms with E-state index in [1.54, 1.807) is 30.2 Å². The van der Waals surface area contributed by atoms with Crippen LogP contribution in [0.15, 0.2) is 34.0 Å². The first kappa shape index (κ1) is 35.5. The van der Waals surface area contributed by atoms with Gasteiger partial charge in [-0.25, -0.2) is 4.79 Å². The minimum Gasteiger partial charge on any atom is -0.444 e. The van der Waals surface area contributed by atoms with Crippen molar-refractivity contribution in [2.75, 3.05) is 49.6 Å². The Balaban J connectivity index is 1.50. The normalized spacial score (nSPS) is 16.1. The number of carbonyl (C=O) groups excluding carboxylic acids is 2. The second-order valence-corrected chi connectivity index (χ2v) is 13.8. The summed E-state index contributed by atoms with van der Waals surface area (Å²) in [6, 6.07) is 3.66. The molecule has 0 saturated carbocycles. The molecule has 2 aliphatic rings. The Morgan fingerprint density at radius 3 is 2.52 bits per heavy atom. The zero-order chi connectivity index (χ0) is 34.8. The van der Waals surface area contributed by atoms with Crippen molar-refractivity contribution >= 4 is 58.1 Å². The van der Waals surface area contributed by atoms with Gasteiger partial charge >= 0.3 is 11.6 Å². The molecule has 2 amide bonds. The van der Waals surface area contributed by atoms with Gasteiger partial charge in [-0.2, -0.15) is 22.7 Å². The van der Waals surface area contributed by atoms with E-state index in [0.29, 0.717) is 56.4 Å². The molecule has 12 nitrogen and oxygen atoms in total. The second kappa shape index (κ2) is 14.4. The summed E-state index contributed by atoms with van der Waals surface area (Å²) < 4.78 is 52.6. The van der Waals surface area contributed by atoms with Crippen molar-refractivity contribution in [3.8, 4) is 0 Å². The smallest absolute Gasteiger partial charge is 0.444 e. The van der Waals surface area contributed by atoms with Crippen LogP contribution in [-0.2, 0) is 27.2 Å². The number of allylic oxidation sites excluding steroid dienone is 1. The van der Waals surface area contributed by atoms with Crippen LogP contribution in [-0.4, -0.2) is 86.6 Å². The summed E-state index contributed by atoms with van der Waals surface area (Å²) in [6.45, 7) is 9.06. The molecule has 2 aliphatic heterocycles. The van der Waals surface area contributed by atoms with Gasteiger partial charge in [0.2, 0.25) is 11.7 Å². The molecule has 0 spiro atoms. The SMILES string of the molecule is CCc1c(N2CCN(C(=O)OC(C)(C)C)CC2)c(=O)n2nc(C3=CCCCOC3)nc2n1CC(=O)Nc1ccc(SC(F)(F)F)cc1Cl. The fraction of sp³-hybridized carbons (Fsp3) is 0.516. The number of fused-ring (bicyclic) bond motifs is 1. The van der Waals surface area contributed by atoms with Crippen molar-refractivity contribution in [1.82, 2.24) is 24.1 Å². The summed E-state index contributed by atoms with van der Waals surface area (Å²) >= 11 is 5.94. The number of rotatable bonds is 7. The van der Waals surface area contributed by atoms with Gasteiger partial charge < -0.3 is 29.2 Å². The number of hydrogen-bond donors (Lipinski definition) is 1. The van der Waals surface area contributed by atoms with Gasteiger partial charge in [0.25, 0.3) is 5.56 Å². The second-order valence-electron chi connectivity index (χ2n) is 12.3. The summed E-state index contributed by atoms with van der Waals surface area (Å²) in [5, 5.41) is 7.17. The lowest BCUT2D eigenvalue weighted by molar-refractivity contribution is -0.116. The van der Waals surface area contributed by atoms with E-state index in [1.165, 1.54) is 16.6 Å². The Morgan fingerprint density at radius 1 is 1.15 bits per heavy atom. The van der Waals surface area contributed by atoms with Crippen molar-refractivity contribution in [2.24, 2.45) is 0 Å². The molecule has 0 aliphatic carbocycles. The number of anilines is 2. The zero-order valence-electron chi connectivity index (χ0n) is 27.0. The van der Waals surface area contributed by atoms with Gasteiger partial charge in [0.1, 0.15) is 17.8 Å². The van der Waals surface area contributed by atoms with E-state index in [-0.39, 0.29) is 46.3 Å². The highest BCUT2D eigenvalue weighted by Crippen LogP contribution is 2.39. The minimum absolute atomic E-state index is 0.0630. The lowest BCUT2D eigenvalue weighted by Gasteiger charge is -2.37. The number of nitrogens with one attached hydrogen (secondary N) is 1. The number of hydrogen-bond acceptors (Lipinski definition) is 9. The number of piperazine rings is 1. The summed E-state index contributed by atoms with van der Waals surface area (Å²) in [7, 11) is 0. The van der Waals surface area contributed by atoms with Crippen LogP contribution in [0, 0.1) is 0 Å². The number of ether oxygens (including phenoxy) is 2. The van der Waals surface area contributed by atoms with Crippen molar-refractivity contribution in [3.63, 3.8) is 0 Å². The average molecular weight is 712 g/mol. The summed E-state index contributed by atoms with van der Waals surface area (Å²) in [6.07, 6.45) is 3.47. The van der Waals surface area contributed by atoms with Crippen LogP contribution in [0.1, 0.15) is 52.1 Å². The van der Waals surface area contributed by atoms with E-state index >= 15 is 0 Å². The third-order valence-electron chi connectivity index (χ3n) is 7.59. The van der Waals surface area contributed by atoms with E-state index in [0.717, 1.165) is 24.5 Å². The molecule has 1 aromatic carbocycles. The molecule has 4 heterocycles. The van der Waals surface area contributed by atoms with Crippen LogP contribution in [0.25, 0.3) is 11.4 Å². The number of carbonyl (C=O) groups is 2. The maximum absolute atomic E-state index is 14.1. The first-order chi connectivity index (χ1) is 22.6. The van der Waals surface area contributed by atoms with Crippen LogP contribution in [0.3, 0.4) is 0 Å². The minimum atomic E-state index is -4.49. The number of amides is 2. The van der Waals surface area contributed by atoms with Crippen LogP contribution in [0.4, 0.5) is 29.3 Å². The van der Waals surface area contributed by atoms with Crippen molar-refractivity contribution < 1.29 is 32.2 Å². The van der Waals surface area contributed by atoms with Gasteiger partial charge in [0.05, 0.1) is 23.0 Å². The summed E-state index contributed by atoms with van der Waals surface area (Å²) in [5.74, 6) is -0.0974. The monoisotopic (exact) mass is 711 g/mol. The lowest BCUT2D eigenvalue weighted by atomic mass is 10.2. The maximum Gasteiger partial charge on any atom is 0.446 e. The van der Waals surface area contributed by atoms with Crippen LogP contribution >= 0.6 is 23.4 Å². The number of thioether (sulfide) groups is 1. The Labute approximate surface area is 284 Å². The molecule has 2 aromatic heterocycles. The molecule has 3 aromatic rings. The number of halogens is 4. The maximum atomic E-state index is 14.1. The van der Waals surface area contributed by atoms with Gasteiger partial charge in [-0.05, 0) is 70.0 Å². The molecule has 5 rings (SSSR count). The third-order valence-corrected chi connectivity index (χ3v) is 8.62. The van der Waals surface area contributed by atoms with Gasteiger partial charge in [0.15, 0.2) is 5.82 Å². The van der Waals surface area contributed by atoms with Gasteiger partial charge in [-0.1, -0.05) is 24.6 Å².